The van der Waals surface area contributed by atoms with Crippen LogP contribution in [0.3, 0.4) is 0 Å². The molecule has 1 aromatic rings. The largest absolute Gasteiger partial charge is 0.353 e. The van der Waals surface area contributed by atoms with Gasteiger partial charge in [-0.05, 0) is 37.3 Å². The summed E-state index contributed by atoms with van der Waals surface area (Å²) >= 11 is 0. The molecule has 1 amide bonds. The molecular weight excluding hydrogens is 236 g/mol. The summed E-state index contributed by atoms with van der Waals surface area (Å²) < 4.78 is 0. The molecular formula is C16H24N2O. The average Bonchev–Trinajstić information content (AvgIpc) is 2.39. The second kappa shape index (κ2) is 6.69. The normalized spacial score (nSPS) is 17.9. The van der Waals surface area contributed by atoms with Crippen molar-refractivity contribution in [2.24, 2.45) is 0 Å². The highest BCUT2D eigenvalue weighted by Gasteiger charge is 2.20. The van der Waals surface area contributed by atoms with Crippen LogP contribution in [0.5, 0.6) is 0 Å². The van der Waals surface area contributed by atoms with Crippen molar-refractivity contribution in [3.05, 3.63) is 29.1 Å². The minimum Gasteiger partial charge on any atom is -0.353 e. The van der Waals surface area contributed by atoms with Gasteiger partial charge in [-0.25, -0.2) is 0 Å². The zero-order chi connectivity index (χ0) is 13.7. The van der Waals surface area contributed by atoms with Gasteiger partial charge in [0.1, 0.15) is 0 Å². The van der Waals surface area contributed by atoms with Gasteiger partial charge in [-0.3, -0.25) is 9.78 Å². The maximum Gasteiger partial charge on any atom is 0.220 e. The molecule has 1 aliphatic carbocycles. The van der Waals surface area contributed by atoms with Crippen LogP contribution in [0, 0.1) is 6.92 Å². The summed E-state index contributed by atoms with van der Waals surface area (Å²) in [6, 6.07) is 2.50. The summed E-state index contributed by atoms with van der Waals surface area (Å²) in [5.74, 6) is 0.203. The number of nitrogens with zero attached hydrogens (tertiary/aromatic N) is 1. The number of amides is 1. The first-order chi connectivity index (χ1) is 9.19. The molecule has 1 aromatic heterocycles. The lowest BCUT2D eigenvalue weighted by molar-refractivity contribution is -0.122. The Bertz CT molecular complexity index is 442. The zero-order valence-electron chi connectivity index (χ0n) is 12.0. The molecule has 19 heavy (non-hydrogen) atoms. The number of hydrogen-bond acceptors (Lipinski definition) is 2. The fraction of sp³-hybridized carbons (Fsp3) is 0.625. The van der Waals surface area contributed by atoms with Crippen LogP contribution in [-0.4, -0.2) is 16.9 Å². The molecule has 0 spiro atoms. The number of unbranched alkanes of at least 4 members (excludes halogenated alkanes) is 2. The molecule has 0 fully saturated rings. The van der Waals surface area contributed by atoms with E-state index in [1.807, 2.05) is 6.20 Å². The van der Waals surface area contributed by atoms with Gasteiger partial charge in [-0.1, -0.05) is 25.8 Å². The van der Waals surface area contributed by atoms with Gasteiger partial charge in [0, 0.05) is 30.8 Å². The van der Waals surface area contributed by atoms with E-state index >= 15 is 0 Å². The zero-order valence-corrected chi connectivity index (χ0v) is 12.0. The fourth-order valence-corrected chi connectivity index (χ4v) is 2.68. The molecule has 0 radical (unpaired) electrons. The Morgan fingerprint density at radius 1 is 1.47 bits per heavy atom. The second-order valence-electron chi connectivity index (χ2n) is 5.58. The van der Waals surface area contributed by atoms with E-state index in [2.05, 4.69) is 30.2 Å². The van der Waals surface area contributed by atoms with E-state index in [9.17, 15) is 4.79 Å². The van der Waals surface area contributed by atoms with E-state index in [1.165, 1.54) is 11.1 Å². The number of nitrogens with one attached hydrogen (secondary N) is 1. The lowest BCUT2D eigenvalue weighted by Crippen LogP contribution is -2.39. The summed E-state index contributed by atoms with van der Waals surface area (Å²) in [5, 5.41) is 3.15. The molecule has 1 heterocycles. The first-order valence-electron chi connectivity index (χ1n) is 7.42. The number of rotatable bonds is 5. The third-order valence-corrected chi connectivity index (χ3v) is 3.77. The number of pyridine rings is 1. The Labute approximate surface area is 115 Å². The molecule has 3 nitrogen and oxygen atoms in total. The number of carbonyl (C=O) groups excluding carboxylic acids is 1. The van der Waals surface area contributed by atoms with Crippen LogP contribution in [0.2, 0.25) is 0 Å². The van der Waals surface area contributed by atoms with Crippen molar-refractivity contribution in [3.63, 3.8) is 0 Å². The maximum atomic E-state index is 11.8. The summed E-state index contributed by atoms with van der Waals surface area (Å²) in [7, 11) is 0. The van der Waals surface area contributed by atoms with Crippen LogP contribution in [-0.2, 0) is 17.6 Å². The third-order valence-electron chi connectivity index (χ3n) is 3.77. The average molecular weight is 260 g/mol. The highest BCUT2D eigenvalue weighted by molar-refractivity contribution is 5.76. The molecule has 0 aliphatic heterocycles. The molecule has 1 N–H and O–H groups in total. The van der Waals surface area contributed by atoms with Crippen molar-refractivity contribution >= 4 is 5.91 Å². The molecule has 104 valence electrons. The Morgan fingerprint density at radius 3 is 3.11 bits per heavy atom. The molecule has 1 atom stereocenters. The monoisotopic (exact) mass is 260 g/mol. The molecule has 0 bridgehead atoms. The summed E-state index contributed by atoms with van der Waals surface area (Å²) in [5.41, 5.74) is 3.74. The summed E-state index contributed by atoms with van der Waals surface area (Å²) in [4.78, 5) is 16.3. The first-order valence-corrected chi connectivity index (χ1v) is 7.42. The molecule has 0 saturated carbocycles. The van der Waals surface area contributed by atoms with E-state index in [4.69, 9.17) is 0 Å². The van der Waals surface area contributed by atoms with Crippen molar-refractivity contribution in [1.82, 2.24) is 10.3 Å². The highest BCUT2D eigenvalue weighted by Crippen LogP contribution is 2.20. The highest BCUT2D eigenvalue weighted by atomic mass is 16.1. The number of aryl methyl sites for hydroxylation is 2. The van der Waals surface area contributed by atoms with Gasteiger partial charge >= 0.3 is 0 Å². The fourth-order valence-electron chi connectivity index (χ4n) is 2.68. The Morgan fingerprint density at radius 2 is 2.32 bits per heavy atom. The minimum atomic E-state index is 0.203. The van der Waals surface area contributed by atoms with Crippen LogP contribution in [0.25, 0.3) is 0 Å². The van der Waals surface area contributed by atoms with Gasteiger partial charge < -0.3 is 5.32 Å². The Hall–Kier alpha value is -1.38. The number of carbonyl (C=O) groups is 1. The Balaban J connectivity index is 1.84. The van der Waals surface area contributed by atoms with Crippen LogP contribution in [0.1, 0.15) is 55.8 Å². The molecule has 3 heteroatoms. The van der Waals surface area contributed by atoms with E-state index in [0.29, 0.717) is 6.42 Å². The van der Waals surface area contributed by atoms with Crippen LogP contribution >= 0.6 is 0 Å². The van der Waals surface area contributed by atoms with E-state index in [-0.39, 0.29) is 11.9 Å². The molecule has 0 saturated heterocycles. The van der Waals surface area contributed by atoms with E-state index in [1.54, 1.807) is 0 Å². The number of hydrogen-bond donors (Lipinski definition) is 1. The van der Waals surface area contributed by atoms with Gasteiger partial charge in [0.05, 0.1) is 0 Å². The standard InChI is InChI=1S/C16H24N2O/c1-3-4-5-6-16(19)18-14-8-7-13-9-12(2)11-17-15(13)10-14/h9,11,14H,3-8,10H2,1-2H3,(H,18,19). The predicted octanol–water partition coefficient (Wildman–Crippen LogP) is 2.94. The van der Waals surface area contributed by atoms with Crippen molar-refractivity contribution in [2.45, 2.75) is 64.8 Å². The van der Waals surface area contributed by atoms with Crippen molar-refractivity contribution in [2.75, 3.05) is 0 Å². The molecule has 1 unspecified atom stereocenters. The SMILES string of the molecule is CCCCCC(=O)NC1CCc2cc(C)cnc2C1. The molecule has 1 aliphatic rings. The van der Waals surface area contributed by atoms with Gasteiger partial charge in [-0.2, -0.15) is 0 Å². The van der Waals surface area contributed by atoms with Gasteiger partial charge in [0.2, 0.25) is 5.91 Å². The van der Waals surface area contributed by atoms with Gasteiger partial charge in [-0.15, -0.1) is 0 Å². The van der Waals surface area contributed by atoms with Gasteiger partial charge in [0.15, 0.2) is 0 Å². The summed E-state index contributed by atoms with van der Waals surface area (Å²) in [6.07, 6.45) is 8.84. The quantitative estimate of drug-likeness (QED) is 0.827. The van der Waals surface area contributed by atoms with Crippen LogP contribution in [0.15, 0.2) is 12.3 Å². The summed E-state index contributed by atoms with van der Waals surface area (Å²) in [6.45, 7) is 4.23. The Kier molecular flexibility index (Phi) is 4.94. The predicted molar refractivity (Wildman–Crippen MR) is 77.1 cm³/mol. The van der Waals surface area contributed by atoms with E-state index in [0.717, 1.165) is 44.2 Å². The maximum absolute atomic E-state index is 11.8. The van der Waals surface area contributed by atoms with Crippen molar-refractivity contribution < 1.29 is 4.79 Å². The number of aromatic nitrogens is 1. The number of fused-ring (bicyclic) bond motifs is 1. The van der Waals surface area contributed by atoms with Crippen molar-refractivity contribution in [1.29, 1.82) is 0 Å². The lowest BCUT2D eigenvalue weighted by Gasteiger charge is -2.25. The van der Waals surface area contributed by atoms with Crippen LogP contribution < -0.4 is 5.32 Å². The van der Waals surface area contributed by atoms with E-state index < -0.39 is 0 Å². The lowest BCUT2D eigenvalue weighted by atomic mass is 9.91. The first kappa shape index (κ1) is 14.0. The topological polar surface area (TPSA) is 42.0 Å². The van der Waals surface area contributed by atoms with Crippen LogP contribution in [0.4, 0.5) is 0 Å². The molecule has 0 aromatic carbocycles. The second-order valence-corrected chi connectivity index (χ2v) is 5.58. The minimum absolute atomic E-state index is 0.203. The van der Waals surface area contributed by atoms with Gasteiger partial charge in [0.25, 0.3) is 0 Å². The van der Waals surface area contributed by atoms with Crippen molar-refractivity contribution in [3.8, 4) is 0 Å². The third kappa shape index (κ3) is 4.05. The molecule has 2 rings (SSSR count). The smallest absolute Gasteiger partial charge is 0.220 e.